The third-order valence-corrected chi connectivity index (χ3v) is 12.1. The highest BCUT2D eigenvalue weighted by Crippen LogP contribution is 2.37. The second-order valence-electron chi connectivity index (χ2n) is 15.2. The Kier molecular flexibility index (Phi) is 14.5. The lowest BCUT2D eigenvalue weighted by Crippen LogP contribution is -2.54. The standard InChI is InChI=1S/C45H47N9O10S/c46-40-39-38(28-9-11-29(12-10-28)42(57)49-34-8-1-2-15-47-34)51-41(53(39)18-16-48-40)31-6-4-17-52(31)36(56)27-64-24-23-62-20-19-61-21-22-63-25-26-65-33-7-3-5-30-37(33)45(60)54(44(30)59)32-13-14-35(55)50-43(32)58/h1-3,5,7-12,15-16,18,31-32H,4,6,13-14,17,19-27H2,(H2,46,48)(H,47,49,57)(H,50,55,58)/t31-,32?/m0/s1. The number of nitrogens with two attached hydrogens (primary N) is 1. The number of nitrogens with zero attached hydrogens (tertiary/aromatic N) is 6. The molecule has 20 heteroatoms. The molecule has 0 aliphatic carbocycles. The number of ether oxygens (including phenoxy) is 4. The van der Waals surface area contributed by atoms with Gasteiger partial charge in [0, 0.05) is 53.3 Å². The zero-order chi connectivity index (χ0) is 45.3. The maximum atomic E-state index is 13.4. The van der Waals surface area contributed by atoms with Crippen LogP contribution in [-0.4, -0.2) is 136 Å². The fourth-order valence-corrected chi connectivity index (χ4v) is 8.92. The summed E-state index contributed by atoms with van der Waals surface area (Å²) in [5, 5.41) is 4.99. The largest absolute Gasteiger partial charge is 0.382 e. The van der Waals surface area contributed by atoms with Gasteiger partial charge >= 0.3 is 0 Å². The lowest BCUT2D eigenvalue weighted by atomic mass is 10.0. The summed E-state index contributed by atoms with van der Waals surface area (Å²) < 4.78 is 24.5. The van der Waals surface area contributed by atoms with E-state index in [1.54, 1.807) is 84.2 Å². The van der Waals surface area contributed by atoms with Crippen LogP contribution in [0.5, 0.6) is 0 Å². The molecule has 0 radical (unpaired) electrons. The fraction of sp³-hybridized carbons (Fsp3) is 0.356. The third-order valence-electron chi connectivity index (χ3n) is 11.1. The summed E-state index contributed by atoms with van der Waals surface area (Å²) in [7, 11) is 0. The van der Waals surface area contributed by atoms with Crippen molar-refractivity contribution in [2.45, 2.75) is 42.7 Å². The van der Waals surface area contributed by atoms with Gasteiger partial charge in [0.05, 0.1) is 63.4 Å². The van der Waals surface area contributed by atoms with E-state index in [1.165, 1.54) is 11.8 Å². The maximum absolute atomic E-state index is 13.4. The quantitative estimate of drug-likeness (QED) is 0.0575. The van der Waals surface area contributed by atoms with Crippen LogP contribution in [0.1, 0.15) is 68.6 Å². The lowest BCUT2D eigenvalue weighted by molar-refractivity contribution is -0.138. The second-order valence-corrected chi connectivity index (χ2v) is 16.3. The van der Waals surface area contributed by atoms with Crippen molar-refractivity contribution < 1.29 is 47.7 Å². The van der Waals surface area contributed by atoms with Gasteiger partial charge in [-0.15, -0.1) is 11.8 Å². The van der Waals surface area contributed by atoms with Crippen LogP contribution in [0, 0.1) is 0 Å². The second kappa shape index (κ2) is 20.9. The van der Waals surface area contributed by atoms with Crippen molar-refractivity contribution in [2.75, 3.05) is 76.2 Å². The van der Waals surface area contributed by atoms with E-state index in [4.69, 9.17) is 29.7 Å². The van der Waals surface area contributed by atoms with Gasteiger partial charge in [0.25, 0.3) is 17.7 Å². The topological polar surface area (TPSA) is 239 Å². The van der Waals surface area contributed by atoms with Crippen molar-refractivity contribution in [3.05, 3.63) is 102 Å². The molecule has 6 amide bonds. The Balaban J connectivity index is 0.719. The summed E-state index contributed by atoms with van der Waals surface area (Å²) in [6.07, 6.45) is 6.65. The maximum Gasteiger partial charge on any atom is 0.263 e. The van der Waals surface area contributed by atoms with Crippen molar-refractivity contribution in [1.29, 1.82) is 0 Å². The number of pyridine rings is 1. The van der Waals surface area contributed by atoms with E-state index in [2.05, 4.69) is 20.6 Å². The van der Waals surface area contributed by atoms with Crippen LogP contribution in [0.25, 0.3) is 16.8 Å². The Hall–Kier alpha value is -6.58. The van der Waals surface area contributed by atoms with Crippen molar-refractivity contribution in [3.8, 4) is 11.3 Å². The normalized spacial score (nSPS) is 17.2. The number of imide groups is 2. The van der Waals surface area contributed by atoms with E-state index >= 15 is 0 Å². The number of hydrogen-bond donors (Lipinski definition) is 3. The molecular weight excluding hydrogens is 859 g/mol. The molecule has 0 saturated carbocycles. The predicted octanol–water partition coefficient (Wildman–Crippen LogP) is 3.55. The molecule has 2 aromatic carbocycles. The molecule has 65 heavy (non-hydrogen) atoms. The zero-order valence-electron chi connectivity index (χ0n) is 35.3. The van der Waals surface area contributed by atoms with Gasteiger partial charge in [-0.2, -0.15) is 0 Å². The Labute approximate surface area is 377 Å². The summed E-state index contributed by atoms with van der Waals surface area (Å²) in [5.74, 6) is -0.684. The Morgan fingerprint density at radius 3 is 2.31 bits per heavy atom. The summed E-state index contributed by atoms with van der Waals surface area (Å²) in [5.41, 5.74) is 9.29. The lowest BCUT2D eigenvalue weighted by Gasteiger charge is -2.27. The number of carbonyl (C=O) groups excluding carboxylic acids is 6. The molecule has 338 valence electrons. The van der Waals surface area contributed by atoms with Crippen LogP contribution in [0.15, 0.2) is 84.1 Å². The Morgan fingerprint density at radius 2 is 1.57 bits per heavy atom. The number of nitrogen functional groups attached to an aromatic ring is 1. The van der Waals surface area contributed by atoms with E-state index < -0.39 is 29.7 Å². The number of hydrogen-bond acceptors (Lipinski definition) is 15. The molecule has 4 N–H and O–H groups in total. The van der Waals surface area contributed by atoms with Gasteiger partial charge in [-0.05, 0) is 55.7 Å². The number of amides is 6. The van der Waals surface area contributed by atoms with Gasteiger partial charge in [-0.25, -0.2) is 15.0 Å². The van der Waals surface area contributed by atoms with Crippen molar-refractivity contribution >= 4 is 64.4 Å². The smallest absolute Gasteiger partial charge is 0.263 e. The van der Waals surface area contributed by atoms with Crippen LogP contribution < -0.4 is 16.4 Å². The number of rotatable bonds is 20. The molecule has 3 aromatic heterocycles. The molecule has 2 saturated heterocycles. The van der Waals surface area contributed by atoms with Gasteiger partial charge in [0.2, 0.25) is 17.7 Å². The van der Waals surface area contributed by atoms with E-state index in [1.807, 2.05) is 4.40 Å². The molecule has 1 unspecified atom stereocenters. The highest BCUT2D eigenvalue weighted by Gasteiger charge is 2.45. The molecule has 3 aliphatic rings. The van der Waals surface area contributed by atoms with Crippen LogP contribution in [-0.2, 0) is 33.3 Å². The minimum atomic E-state index is -1.02. The number of aromatic nitrogens is 4. The molecule has 6 heterocycles. The first-order valence-electron chi connectivity index (χ1n) is 21.2. The summed E-state index contributed by atoms with van der Waals surface area (Å²) in [4.78, 5) is 93.4. The van der Waals surface area contributed by atoms with Crippen LogP contribution in [0.3, 0.4) is 0 Å². The molecule has 2 atom stereocenters. The molecule has 3 aliphatic heterocycles. The van der Waals surface area contributed by atoms with Crippen molar-refractivity contribution in [2.24, 2.45) is 0 Å². The fourth-order valence-electron chi connectivity index (χ4n) is 7.98. The monoisotopic (exact) mass is 905 g/mol. The molecule has 5 aromatic rings. The molecule has 0 spiro atoms. The molecule has 8 rings (SSSR count). The number of thioether (sulfide) groups is 1. The average Bonchev–Trinajstić information content (AvgIpc) is 4.02. The van der Waals surface area contributed by atoms with Gasteiger partial charge in [0.15, 0.2) is 0 Å². The predicted molar refractivity (Wildman–Crippen MR) is 236 cm³/mol. The minimum absolute atomic E-state index is 0.0586. The van der Waals surface area contributed by atoms with Crippen LogP contribution >= 0.6 is 11.8 Å². The Morgan fingerprint density at radius 1 is 0.815 bits per heavy atom. The van der Waals surface area contributed by atoms with Gasteiger partial charge < -0.3 is 34.9 Å². The number of likely N-dealkylation sites (tertiary alicyclic amines) is 1. The first kappa shape index (κ1) is 45.0. The van der Waals surface area contributed by atoms with E-state index in [9.17, 15) is 28.8 Å². The zero-order valence-corrected chi connectivity index (χ0v) is 36.1. The molecular formula is C45H47N9O10S. The number of imidazole rings is 1. The number of fused-ring (bicyclic) bond motifs is 2. The van der Waals surface area contributed by atoms with Gasteiger partial charge in [-0.1, -0.05) is 24.3 Å². The van der Waals surface area contributed by atoms with Gasteiger partial charge in [0.1, 0.15) is 41.3 Å². The summed E-state index contributed by atoms with van der Waals surface area (Å²) in [6.45, 7) is 2.68. The summed E-state index contributed by atoms with van der Waals surface area (Å²) >= 11 is 1.38. The van der Waals surface area contributed by atoms with Crippen molar-refractivity contribution in [1.82, 2.24) is 34.5 Å². The van der Waals surface area contributed by atoms with E-state index in [0.29, 0.717) is 90.9 Å². The molecule has 2 fully saturated rings. The Bertz CT molecular complexity index is 2570. The SMILES string of the molecule is Nc1nccn2c([C@@H]3CCCN3C(=O)COCCOCCOCCOCCSc3cccc4c3C(=O)N(C3CCC(=O)NC3=O)C4=O)nc(-c3ccc(C(=O)Nc4ccccn4)cc3)c12. The number of piperidine rings is 1. The van der Waals surface area contributed by atoms with Crippen molar-refractivity contribution in [3.63, 3.8) is 0 Å². The summed E-state index contributed by atoms with van der Waals surface area (Å²) in [6, 6.07) is 16.0. The minimum Gasteiger partial charge on any atom is -0.382 e. The van der Waals surface area contributed by atoms with Crippen LogP contribution in [0.2, 0.25) is 0 Å². The molecule has 19 nitrogen and oxygen atoms in total. The highest BCUT2D eigenvalue weighted by atomic mass is 32.2. The van der Waals surface area contributed by atoms with Gasteiger partial charge in [-0.3, -0.25) is 43.4 Å². The number of anilines is 2. The number of carbonyl (C=O) groups is 6. The molecule has 0 bridgehead atoms. The first-order chi connectivity index (χ1) is 31.7. The van der Waals surface area contributed by atoms with Crippen LogP contribution in [0.4, 0.5) is 11.6 Å². The van der Waals surface area contributed by atoms with E-state index in [-0.39, 0.29) is 61.6 Å². The highest BCUT2D eigenvalue weighted by molar-refractivity contribution is 7.99. The average molecular weight is 906 g/mol. The number of nitrogens with one attached hydrogen (secondary N) is 2. The number of benzene rings is 2. The van der Waals surface area contributed by atoms with E-state index in [0.717, 1.165) is 16.9 Å². The first-order valence-corrected chi connectivity index (χ1v) is 22.2. The third kappa shape index (κ3) is 10.2.